The highest BCUT2D eigenvalue weighted by Crippen LogP contribution is 2.13. The molecule has 1 rings (SSSR count). The molecule has 170 valence electrons. The van der Waals surface area contributed by atoms with Crippen LogP contribution in [0, 0.1) is 0 Å². The van der Waals surface area contributed by atoms with Gasteiger partial charge >= 0.3 is 18.2 Å². The summed E-state index contributed by atoms with van der Waals surface area (Å²) in [7, 11) is -1.39. The van der Waals surface area contributed by atoms with E-state index >= 15 is 0 Å². The molecule has 2 N–H and O–H groups in total. The second-order valence-electron chi connectivity index (χ2n) is 9.02. The van der Waals surface area contributed by atoms with Gasteiger partial charge in [0.05, 0.1) is 13.2 Å². The first-order chi connectivity index (χ1) is 13.7. The summed E-state index contributed by atoms with van der Waals surface area (Å²) in [4.78, 5) is 64.5. The third-order valence-corrected chi connectivity index (χ3v) is 5.40. The number of imide groups is 1. The molecule has 0 aromatic rings. The molecule has 0 unspecified atom stereocenters. The van der Waals surface area contributed by atoms with E-state index < -0.39 is 49.7 Å². The van der Waals surface area contributed by atoms with Gasteiger partial charge in [-0.05, 0) is 26.8 Å². The third kappa shape index (κ3) is 9.72. The Morgan fingerprint density at radius 3 is 2.13 bits per heavy atom. The Kier molecular flexibility index (Phi) is 8.82. The van der Waals surface area contributed by atoms with Crippen LogP contribution < -0.4 is 10.6 Å². The van der Waals surface area contributed by atoms with Crippen molar-refractivity contribution in [3.8, 4) is 0 Å². The number of hydrogen-bond acceptors (Lipinski definition) is 8. The second-order valence-corrected chi connectivity index (χ2v) is 14.6. The lowest BCUT2D eigenvalue weighted by Crippen LogP contribution is -2.52. The van der Waals surface area contributed by atoms with Crippen molar-refractivity contribution in [1.29, 1.82) is 0 Å². The number of amides is 4. The van der Waals surface area contributed by atoms with Gasteiger partial charge in [-0.2, -0.15) is 0 Å². The van der Waals surface area contributed by atoms with E-state index in [9.17, 15) is 24.0 Å². The van der Waals surface area contributed by atoms with E-state index in [-0.39, 0.29) is 26.0 Å². The third-order valence-electron chi connectivity index (χ3n) is 3.70. The van der Waals surface area contributed by atoms with E-state index in [1.807, 2.05) is 0 Å². The largest absolute Gasteiger partial charge is 0.450 e. The highest BCUT2D eigenvalue weighted by Gasteiger charge is 2.36. The number of carbonyl (C=O) groups is 5. The molecule has 30 heavy (non-hydrogen) atoms. The Morgan fingerprint density at radius 1 is 1.07 bits per heavy atom. The molecular formula is C18H31N3O8Si. The van der Waals surface area contributed by atoms with Crippen LogP contribution in [0.1, 0.15) is 33.6 Å². The SMILES string of the molecule is CC(C)(C)OC(=O)N[C@@H](CNC(=O)OCC[Si](C)(C)C)C(=O)ON1C(=O)CCC1=O. The second kappa shape index (κ2) is 10.4. The van der Waals surface area contributed by atoms with Crippen molar-refractivity contribution in [3.05, 3.63) is 0 Å². The van der Waals surface area contributed by atoms with Crippen molar-refractivity contribution in [2.75, 3.05) is 13.2 Å². The van der Waals surface area contributed by atoms with Gasteiger partial charge in [0.1, 0.15) is 11.6 Å². The number of rotatable bonds is 8. The molecule has 1 fully saturated rings. The van der Waals surface area contributed by atoms with Gasteiger partial charge in [-0.1, -0.05) is 19.6 Å². The van der Waals surface area contributed by atoms with Crippen LogP contribution in [-0.2, 0) is 28.7 Å². The summed E-state index contributed by atoms with van der Waals surface area (Å²) in [5.41, 5.74) is -0.831. The number of nitrogens with zero attached hydrogens (tertiary/aromatic N) is 1. The Labute approximate surface area is 176 Å². The maximum atomic E-state index is 12.4. The Hall–Kier alpha value is -2.63. The fourth-order valence-electron chi connectivity index (χ4n) is 2.14. The molecule has 11 nitrogen and oxygen atoms in total. The number of ether oxygens (including phenoxy) is 2. The van der Waals surface area contributed by atoms with Crippen LogP contribution in [0.4, 0.5) is 9.59 Å². The molecule has 12 heteroatoms. The van der Waals surface area contributed by atoms with E-state index in [2.05, 4.69) is 30.3 Å². The summed E-state index contributed by atoms with van der Waals surface area (Å²) in [6.07, 6.45) is -1.85. The number of carbonyl (C=O) groups excluding carboxylic acids is 5. The fraction of sp³-hybridized carbons (Fsp3) is 0.722. The molecule has 0 saturated carbocycles. The van der Waals surface area contributed by atoms with Crippen LogP contribution in [-0.4, -0.2) is 67.9 Å². The minimum Gasteiger partial charge on any atom is -0.450 e. The van der Waals surface area contributed by atoms with E-state index in [1.54, 1.807) is 20.8 Å². The van der Waals surface area contributed by atoms with Gasteiger partial charge in [0.2, 0.25) is 0 Å². The van der Waals surface area contributed by atoms with Crippen molar-refractivity contribution in [2.45, 2.75) is 70.9 Å². The van der Waals surface area contributed by atoms with Gasteiger partial charge in [0.25, 0.3) is 11.8 Å². The number of alkyl carbamates (subject to hydrolysis) is 2. The first kappa shape index (κ1) is 25.4. The fourth-order valence-corrected chi connectivity index (χ4v) is 2.86. The van der Waals surface area contributed by atoms with Crippen LogP contribution in [0.15, 0.2) is 0 Å². The molecular weight excluding hydrogens is 414 g/mol. The van der Waals surface area contributed by atoms with E-state index in [4.69, 9.17) is 14.3 Å². The van der Waals surface area contributed by atoms with Gasteiger partial charge in [0, 0.05) is 20.9 Å². The predicted molar refractivity (Wildman–Crippen MR) is 108 cm³/mol. The molecule has 1 aliphatic heterocycles. The summed E-state index contributed by atoms with van der Waals surface area (Å²) in [6, 6.07) is -0.646. The average Bonchev–Trinajstić information content (AvgIpc) is 2.87. The van der Waals surface area contributed by atoms with Crippen molar-refractivity contribution in [1.82, 2.24) is 15.7 Å². The quantitative estimate of drug-likeness (QED) is 0.423. The van der Waals surface area contributed by atoms with E-state index in [1.165, 1.54) is 0 Å². The topological polar surface area (TPSA) is 140 Å². The van der Waals surface area contributed by atoms with E-state index in [0.717, 1.165) is 6.04 Å². The lowest BCUT2D eigenvalue weighted by Gasteiger charge is -2.24. The number of nitrogens with one attached hydrogen (secondary N) is 2. The zero-order valence-electron chi connectivity index (χ0n) is 18.3. The van der Waals surface area contributed by atoms with Gasteiger partial charge in [-0.25, -0.2) is 14.4 Å². The molecule has 0 aromatic carbocycles. The Morgan fingerprint density at radius 2 is 1.63 bits per heavy atom. The zero-order valence-corrected chi connectivity index (χ0v) is 19.3. The van der Waals surface area contributed by atoms with Gasteiger partial charge in [0.15, 0.2) is 0 Å². The minimum atomic E-state index is -1.41. The Bertz CT molecular complexity index is 668. The lowest BCUT2D eigenvalue weighted by atomic mass is 10.2. The molecule has 4 amide bonds. The number of hydroxylamine groups is 2. The van der Waals surface area contributed by atoms with Crippen molar-refractivity contribution in [2.24, 2.45) is 0 Å². The standard InChI is InChI=1S/C18H31N3O8Si/c1-18(2,3)28-17(26)20-12(11-19-16(25)27-9-10-30(4,5)6)15(24)29-21-13(22)7-8-14(21)23/h12H,7-11H2,1-6H3,(H,19,25)(H,20,26)/t12-/m0/s1. The first-order valence-corrected chi connectivity index (χ1v) is 13.4. The van der Waals surface area contributed by atoms with Crippen molar-refractivity contribution < 1.29 is 38.3 Å². The van der Waals surface area contributed by atoms with Crippen molar-refractivity contribution in [3.63, 3.8) is 0 Å². The highest BCUT2D eigenvalue weighted by atomic mass is 28.3. The van der Waals surface area contributed by atoms with E-state index in [0.29, 0.717) is 5.06 Å². The van der Waals surface area contributed by atoms with Crippen LogP contribution >= 0.6 is 0 Å². The lowest BCUT2D eigenvalue weighted by molar-refractivity contribution is -0.198. The van der Waals surface area contributed by atoms with Gasteiger partial charge in [-0.15, -0.1) is 5.06 Å². The molecule has 0 spiro atoms. The Balaban J connectivity index is 2.71. The maximum absolute atomic E-state index is 12.4. The van der Waals surface area contributed by atoms with Gasteiger partial charge in [-0.3, -0.25) is 9.59 Å². The van der Waals surface area contributed by atoms with Gasteiger partial charge < -0.3 is 24.9 Å². The van der Waals surface area contributed by atoms with Crippen LogP contribution in [0.25, 0.3) is 0 Å². The number of hydrogen-bond donors (Lipinski definition) is 2. The molecule has 0 aliphatic carbocycles. The summed E-state index contributed by atoms with van der Waals surface area (Å²) in [5, 5.41) is 4.98. The van der Waals surface area contributed by atoms with Crippen LogP contribution in [0.2, 0.25) is 25.7 Å². The average molecular weight is 446 g/mol. The maximum Gasteiger partial charge on any atom is 0.408 e. The minimum absolute atomic E-state index is 0.0715. The zero-order chi connectivity index (χ0) is 23.1. The van der Waals surface area contributed by atoms with Crippen LogP contribution in [0.3, 0.4) is 0 Å². The monoisotopic (exact) mass is 445 g/mol. The molecule has 0 bridgehead atoms. The molecule has 1 heterocycles. The molecule has 1 atom stereocenters. The molecule has 1 aliphatic rings. The van der Waals surface area contributed by atoms with Crippen LogP contribution in [0.5, 0.6) is 0 Å². The molecule has 0 aromatic heterocycles. The summed E-state index contributed by atoms with van der Waals surface area (Å²) in [5.74, 6) is -2.43. The molecule has 0 radical (unpaired) electrons. The smallest absolute Gasteiger partial charge is 0.408 e. The summed E-state index contributed by atoms with van der Waals surface area (Å²) < 4.78 is 10.2. The van der Waals surface area contributed by atoms with Crippen molar-refractivity contribution >= 4 is 38.0 Å². The highest BCUT2D eigenvalue weighted by molar-refractivity contribution is 6.76. The first-order valence-electron chi connectivity index (χ1n) is 9.66. The summed E-state index contributed by atoms with van der Waals surface area (Å²) in [6.45, 7) is 11.1. The normalized spacial score (nSPS) is 15.5. The summed E-state index contributed by atoms with van der Waals surface area (Å²) >= 11 is 0. The predicted octanol–water partition coefficient (Wildman–Crippen LogP) is 1.55. The molecule has 1 saturated heterocycles.